The summed E-state index contributed by atoms with van der Waals surface area (Å²) in [6.07, 6.45) is 3.81. The number of pyridine rings is 1. The number of nitrogens with zero attached hydrogens (tertiary/aromatic N) is 1. The van der Waals surface area contributed by atoms with Crippen LogP contribution in [0.1, 0.15) is 0 Å². The molecule has 0 saturated carbocycles. The van der Waals surface area contributed by atoms with Gasteiger partial charge < -0.3 is 12.4 Å². The number of hydrogen-bond donors (Lipinski definition) is 0. The van der Waals surface area contributed by atoms with Crippen LogP contribution in [0.3, 0.4) is 0 Å². The lowest BCUT2D eigenvalue weighted by atomic mass is 10.5. The Balaban J connectivity index is 0.000000640. The van der Waals surface area contributed by atoms with Crippen molar-refractivity contribution in [2.45, 2.75) is 0 Å². The molecule has 0 fully saturated rings. The fourth-order valence-electron chi connectivity index (χ4n) is 0.483. The van der Waals surface area contributed by atoms with E-state index in [1.807, 2.05) is 36.1 Å². The molecule has 1 aromatic heterocycles. The summed E-state index contributed by atoms with van der Waals surface area (Å²) < 4.78 is 1.94. The molecular formula is C6H7Cl2N. The Morgan fingerprint density at radius 2 is 1.78 bits per heavy atom. The van der Waals surface area contributed by atoms with Crippen LogP contribution in [0.2, 0.25) is 5.02 Å². The van der Waals surface area contributed by atoms with Crippen LogP contribution >= 0.6 is 11.6 Å². The van der Waals surface area contributed by atoms with Crippen LogP contribution in [-0.4, -0.2) is 0 Å². The van der Waals surface area contributed by atoms with Gasteiger partial charge in [-0.2, -0.15) is 0 Å². The molecule has 3 heteroatoms. The van der Waals surface area contributed by atoms with E-state index in [1.165, 1.54) is 0 Å². The zero-order chi connectivity index (χ0) is 5.98. The van der Waals surface area contributed by atoms with Crippen molar-refractivity contribution in [3.8, 4) is 0 Å². The van der Waals surface area contributed by atoms with Gasteiger partial charge in [0.25, 0.3) is 0 Å². The predicted octanol–water partition coefficient (Wildman–Crippen LogP) is -1.83. The van der Waals surface area contributed by atoms with E-state index >= 15 is 0 Å². The van der Waals surface area contributed by atoms with Crippen LogP contribution in [0.5, 0.6) is 0 Å². The minimum atomic E-state index is 0. The maximum atomic E-state index is 5.60. The van der Waals surface area contributed by atoms with Gasteiger partial charge in [0.2, 0.25) is 0 Å². The van der Waals surface area contributed by atoms with Crippen molar-refractivity contribution in [1.82, 2.24) is 0 Å². The van der Waals surface area contributed by atoms with E-state index in [1.54, 1.807) is 0 Å². The van der Waals surface area contributed by atoms with E-state index in [2.05, 4.69) is 0 Å². The third-order valence-corrected chi connectivity index (χ3v) is 1.19. The average molecular weight is 164 g/mol. The zero-order valence-corrected chi connectivity index (χ0v) is 6.52. The maximum absolute atomic E-state index is 5.60. The summed E-state index contributed by atoms with van der Waals surface area (Å²) in [6.45, 7) is 0. The first-order chi connectivity index (χ1) is 3.79. The summed E-state index contributed by atoms with van der Waals surface area (Å²) in [5.41, 5.74) is 0. The van der Waals surface area contributed by atoms with Crippen molar-refractivity contribution in [1.29, 1.82) is 0 Å². The van der Waals surface area contributed by atoms with Gasteiger partial charge in [0.1, 0.15) is 7.05 Å². The molecule has 9 heavy (non-hydrogen) atoms. The Hall–Kier alpha value is -0.270. The number of halogens is 2. The van der Waals surface area contributed by atoms with Crippen molar-refractivity contribution in [3.63, 3.8) is 0 Å². The van der Waals surface area contributed by atoms with Gasteiger partial charge in [-0.1, -0.05) is 11.6 Å². The van der Waals surface area contributed by atoms with Gasteiger partial charge in [-0.3, -0.25) is 0 Å². The van der Waals surface area contributed by atoms with Crippen LogP contribution in [0.4, 0.5) is 0 Å². The second-order valence-electron chi connectivity index (χ2n) is 1.68. The molecular weight excluding hydrogens is 157 g/mol. The molecule has 0 radical (unpaired) electrons. The van der Waals surface area contributed by atoms with Crippen molar-refractivity contribution in [2.24, 2.45) is 7.05 Å². The zero-order valence-electron chi connectivity index (χ0n) is 5.01. The third kappa shape index (κ3) is 2.68. The van der Waals surface area contributed by atoms with E-state index in [-0.39, 0.29) is 12.4 Å². The van der Waals surface area contributed by atoms with Gasteiger partial charge in [-0.05, 0) is 0 Å². The highest BCUT2D eigenvalue weighted by Gasteiger charge is 1.87. The summed E-state index contributed by atoms with van der Waals surface area (Å²) in [6, 6.07) is 3.70. The first kappa shape index (κ1) is 8.73. The molecule has 0 aromatic carbocycles. The van der Waals surface area contributed by atoms with E-state index in [0.29, 0.717) is 0 Å². The van der Waals surface area contributed by atoms with Gasteiger partial charge >= 0.3 is 0 Å². The Kier molecular flexibility index (Phi) is 3.59. The molecule has 0 bridgehead atoms. The topological polar surface area (TPSA) is 3.88 Å². The van der Waals surface area contributed by atoms with Gasteiger partial charge in [-0.25, -0.2) is 4.57 Å². The lowest BCUT2D eigenvalue weighted by Crippen LogP contribution is -3.00. The Morgan fingerprint density at radius 1 is 1.33 bits per heavy atom. The van der Waals surface area contributed by atoms with Crippen LogP contribution in [0, 0.1) is 0 Å². The second kappa shape index (κ2) is 3.70. The van der Waals surface area contributed by atoms with E-state index in [4.69, 9.17) is 11.6 Å². The molecule has 1 nitrogen and oxygen atoms in total. The van der Waals surface area contributed by atoms with Gasteiger partial charge in [-0.15, -0.1) is 0 Å². The lowest BCUT2D eigenvalue weighted by Gasteiger charge is -1.83. The highest BCUT2D eigenvalue weighted by atomic mass is 35.5. The molecule has 0 aliphatic rings. The summed E-state index contributed by atoms with van der Waals surface area (Å²) in [4.78, 5) is 0. The highest BCUT2D eigenvalue weighted by Crippen LogP contribution is 2.00. The van der Waals surface area contributed by atoms with Gasteiger partial charge in [0, 0.05) is 12.1 Å². The molecule has 1 rings (SSSR count). The summed E-state index contributed by atoms with van der Waals surface area (Å²) in [7, 11) is 1.95. The van der Waals surface area contributed by atoms with Crippen molar-refractivity contribution >= 4 is 11.6 Å². The number of aromatic nitrogens is 1. The fourth-order valence-corrected chi connectivity index (χ4v) is 0.595. The normalized spacial score (nSPS) is 8.22. The standard InChI is InChI=1S/C6H7ClN.ClH/c1-8-4-2-6(7)3-5-8;/h2-5H,1H3;1H/q+1;/p-1. The Labute approximate surface area is 65.7 Å². The minimum absolute atomic E-state index is 0. The molecule has 1 aromatic rings. The minimum Gasteiger partial charge on any atom is -1.00 e. The van der Waals surface area contributed by atoms with Crippen LogP contribution in [0.25, 0.3) is 0 Å². The molecule has 0 atom stereocenters. The van der Waals surface area contributed by atoms with Crippen LogP contribution in [0.15, 0.2) is 24.5 Å². The number of aryl methyl sites for hydroxylation is 1. The molecule has 0 N–H and O–H groups in total. The molecule has 0 aliphatic carbocycles. The molecule has 0 saturated heterocycles. The summed E-state index contributed by atoms with van der Waals surface area (Å²) in [5, 5.41) is 0.781. The molecule has 0 amide bonds. The van der Waals surface area contributed by atoms with Crippen molar-refractivity contribution in [2.75, 3.05) is 0 Å². The molecule has 50 valence electrons. The predicted molar refractivity (Wildman–Crippen MR) is 32.6 cm³/mol. The largest absolute Gasteiger partial charge is 1.00 e. The second-order valence-corrected chi connectivity index (χ2v) is 2.12. The quantitative estimate of drug-likeness (QED) is 0.397. The monoisotopic (exact) mass is 163 g/mol. The lowest BCUT2D eigenvalue weighted by molar-refractivity contribution is -0.671. The van der Waals surface area contributed by atoms with Crippen LogP contribution in [-0.2, 0) is 7.05 Å². The maximum Gasteiger partial charge on any atom is 0.170 e. The highest BCUT2D eigenvalue weighted by molar-refractivity contribution is 6.30. The van der Waals surface area contributed by atoms with Gasteiger partial charge in [0.05, 0.1) is 5.02 Å². The molecule has 0 aliphatic heterocycles. The first-order valence-corrected chi connectivity index (χ1v) is 2.77. The number of hydrogen-bond acceptors (Lipinski definition) is 0. The SMILES string of the molecule is C[n+]1ccc(Cl)cc1.[Cl-]. The van der Waals surface area contributed by atoms with Crippen molar-refractivity contribution in [3.05, 3.63) is 29.5 Å². The van der Waals surface area contributed by atoms with E-state index < -0.39 is 0 Å². The average Bonchev–Trinajstić information content (AvgIpc) is 1.77. The Bertz CT molecular complexity index is 150. The number of rotatable bonds is 0. The van der Waals surface area contributed by atoms with Crippen molar-refractivity contribution < 1.29 is 17.0 Å². The fraction of sp³-hybridized carbons (Fsp3) is 0.167. The molecule has 1 heterocycles. The first-order valence-electron chi connectivity index (χ1n) is 2.40. The molecule has 0 spiro atoms. The van der Waals surface area contributed by atoms with Crippen LogP contribution < -0.4 is 17.0 Å². The summed E-state index contributed by atoms with van der Waals surface area (Å²) in [5.74, 6) is 0. The Morgan fingerprint density at radius 3 is 2.11 bits per heavy atom. The van der Waals surface area contributed by atoms with E-state index in [9.17, 15) is 0 Å². The smallest absolute Gasteiger partial charge is 0.170 e. The van der Waals surface area contributed by atoms with E-state index in [0.717, 1.165) is 5.02 Å². The third-order valence-electron chi connectivity index (χ3n) is 0.938. The van der Waals surface area contributed by atoms with Gasteiger partial charge in [0.15, 0.2) is 12.4 Å². The summed E-state index contributed by atoms with van der Waals surface area (Å²) >= 11 is 5.60. The molecule has 0 unspecified atom stereocenters.